The number of anilines is 1. The van der Waals surface area contributed by atoms with E-state index in [-0.39, 0.29) is 6.03 Å². The van der Waals surface area contributed by atoms with E-state index in [4.69, 9.17) is 0 Å². The molecule has 2 amide bonds. The molecule has 0 aliphatic heterocycles. The monoisotopic (exact) mass is 286 g/mol. The molecule has 0 fully saturated rings. The lowest BCUT2D eigenvalue weighted by Gasteiger charge is -2.12. The van der Waals surface area contributed by atoms with Gasteiger partial charge in [-0.2, -0.15) is 5.10 Å². The van der Waals surface area contributed by atoms with Crippen LogP contribution in [0.5, 0.6) is 0 Å². The van der Waals surface area contributed by atoms with Crippen LogP contribution in [-0.4, -0.2) is 22.4 Å². The van der Waals surface area contributed by atoms with Crippen LogP contribution in [-0.2, 0) is 6.54 Å². The number of unbranched alkanes of at least 4 members (excludes halogenated alkanes) is 2. The number of rotatable bonds is 7. The fourth-order valence-electron chi connectivity index (χ4n) is 2.09. The summed E-state index contributed by atoms with van der Waals surface area (Å²) in [6.45, 7) is 3.49. The first kappa shape index (κ1) is 15.1. The van der Waals surface area contributed by atoms with Gasteiger partial charge in [0, 0.05) is 24.6 Å². The zero-order valence-corrected chi connectivity index (χ0v) is 12.4. The van der Waals surface area contributed by atoms with Gasteiger partial charge in [0.05, 0.1) is 6.54 Å². The van der Waals surface area contributed by atoms with Crippen LogP contribution in [0.1, 0.15) is 31.7 Å². The Labute approximate surface area is 125 Å². The molecule has 1 aromatic heterocycles. The SMILES string of the molecule is CCCCCNC(=O)Nc1ccccc1Cn1cccn1. The molecule has 0 radical (unpaired) electrons. The van der Waals surface area contributed by atoms with E-state index in [0.29, 0.717) is 13.1 Å². The van der Waals surface area contributed by atoms with Crippen LogP contribution in [0.2, 0.25) is 0 Å². The van der Waals surface area contributed by atoms with Crippen molar-refractivity contribution in [2.75, 3.05) is 11.9 Å². The Morgan fingerprint density at radius 1 is 1.24 bits per heavy atom. The number of para-hydroxylation sites is 1. The molecule has 1 aromatic carbocycles. The predicted octanol–water partition coefficient (Wildman–Crippen LogP) is 3.24. The van der Waals surface area contributed by atoms with Crippen molar-refractivity contribution in [3.8, 4) is 0 Å². The second-order valence-corrected chi connectivity index (χ2v) is 4.95. The van der Waals surface area contributed by atoms with Crippen molar-refractivity contribution in [2.45, 2.75) is 32.7 Å². The molecule has 0 atom stereocenters. The number of nitrogens with one attached hydrogen (secondary N) is 2. The number of hydrogen-bond donors (Lipinski definition) is 2. The maximum Gasteiger partial charge on any atom is 0.319 e. The van der Waals surface area contributed by atoms with Crippen LogP contribution < -0.4 is 10.6 Å². The van der Waals surface area contributed by atoms with Crippen molar-refractivity contribution in [2.24, 2.45) is 0 Å². The van der Waals surface area contributed by atoms with E-state index in [9.17, 15) is 4.79 Å². The van der Waals surface area contributed by atoms with Gasteiger partial charge in [-0.1, -0.05) is 38.0 Å². The summed E-state index contributed by atoms with van der Waals surface area (Å²) in [4.78, 5) is 11.9. The molecule has 2 rings (SSSR count). The molecule has 0 saturated carbocycles. The molecular formula is C16H22N4O. The van der Waals surface area contributed by atoms with Crippen LogP contribution >= 0.6 is 0 Å². The van der Waals surface area contributed by atoms with Gasteiger partial charge in [-0.05, 0) is 24.1 Å². The number of nitrogens with zero attached hydrogens (tertiary/aromatic N) is 2. The van der Waals surface area contributed by atoms with Gasteiger partial charge in [0.2, 0.25) is 0 Å². The second-order valence-electron chi connectivity index (χ2n) is 4.95. The molecule has 0 spiro atoms. The highest BCUT2D eigenvalue weighted by Crippen LogP contribution is 2.15. The number of carbonyl (C=O) groups is 1. The number of carbonyl (C=O) groups excluding carboxylic acids is 1. The molecule has 0 unspecified atom stereocenters. The topological polar surface area (TPSA) is 59.0 Å². The fraction of sp³-hybridized carbons (Fsp3) is 0.375. The number of benzene rings is 1. The summed E-state index contributed by atoms with van der Waals surface area (Å²) in [5.74, 6) is 0. The number of hydrogen-bond acceptors (Lipinski definition) is 2. The van der Waals surface area contributed by atoms with E-state index < -0.39 is 0 Å². The highest BCUT2D eigenvalue weighted by molar-refractivity contribution is 5.90. The smallest absolute Gasteiger partial charge is 0.319 e. The average molecular weight is 286 g/mol. The summed E-state index contributed by atoms with van der Waals surface area (Å²) in [5.41, 5.74) is 1.85. The second kappa shape index (κ2) is 8.09. The summed E-state index contributed by atoms with van der Waals surface area (Å²) in [5, 5.41) is 9.98. The normalized spacial score (nSPS) is 10.3. The molecular weight excluding hydrogens is 264 g/mol. The largest absolute Gasteiger partial charge is 0.338 e. The highest BCUT2D eigenvalue weighted by Gasteiger charge is 2.06. The van der Waals surface area contributed by atoms with E-state index in [2.05, 4.69) is 22.7 Å². The third kappa shape index (κ3) is 4.95. The third-order valence-electron chi connectivity index (χ3n) is 3.22. The molecule has 21 heavy (non-hydrogen) atoms. The lowest BCUT2D eigenvalue weighted by molar-refractivity contribution is 0.252. The van der Waals surface area contributed by atoms with Crippen LogP contribution in [0.15, 0.2) is 42.7 Å². The molecule has 0 aliphatic rings. The minimum Gasteiger partial charge on any atom is -0.338 e. The van der Waals surface area contributed by atoms with Crippen LogP contribution in [0.4, 0.5) is 10.5 Å². The van der Waals surface area contributed by atoms with E-state index in [1.165, 1.54) is 0 Å². The molecule has 2 N–H and O–H groups in total. The van der Waals surface area contributed by atoms with Crippen molar-refractivity contribution in [3.63, 3.8) is 0 Å². The Morgan fingerprint density at radius 3 is 2.86 bits per heavy atom. The van der Waals surface area contributed by atoms with Gasteiger partial charge < -0.3 is 10.6 Å². The third-order valence-corrected chi connectivity index (χ3v) is 3.22. The summed E-state index contributed by atoms with van der Waals surface area (Å²) < 4.78 is 1.83. The molecule has 5 nitrogen and oxygen atoms in total. The van der Waals surface area contributed by atoms with Gasteiger partial charge in [-0.15, -0.1) is 0 Å². The Morgan fingerprint density at radius 2 is 2.10 bits per heavy atom. The number of amides is 2. The van der Waals surface area contributed by atoms with Crippen LogP contribution in [0.25, 0.3) is 0 Å². The van der Waals surface area contributed by atoms with Crippen LogP contribution in [0.3, 0.4) is 0 Å². The lowest BCUT2D eigenvalue weighted by atomic mass is 10.2. The Hall–Kier alpha value is -2.30. The Balaban J connectivity index is 1.91. The molecule has 5 heteroatoms. The minimum absolute atomic E-state index is 0.154. The summed E-state index contributed by atoms with van der Waals surface area (Å²) in [6, 6.07) is 9.51. The van der Waals surface area contributed by atoms with E-state index in [1.54, 1.807) is 6.20 Å². The van der Waals surface area contributed by atoms with Crippen molar-refractivity contribution in [1.82, 2.24) is 15.1 Å². The summed E-state index contributed by atoms with van der Waals surface area (Å²) >= 11 is 0. The van der Waals surface area contributed by atoms with E-state index in [0.717, 1.165) is 30.5 Å². The Kier molecular flexibility index (Phi) is 5.82. The number of urea groups is 1. The maximum atomic E-state index is 11.9. The first-order chi connectivity index (χ1) is 10.3. The van der Waals surface area contributed by atoms with Crippen molar-refractivity contribution in [1.29, 1.82) is 0 Å². The van der Waals surface area contributed by atoms with Crippen molar-refractivity contribution >= 4 is 11.7 Å². The predicted molar refractivity (Wildman–Crippen MR) is 84.3 cm³/mol. The van der Waals surface area contributed by atoms with Gasteiger partial charge in [-0.3, -0.25) is 4.68 Å². The van der Waals surface area contributed by atoms with Gasteiger partial charge in [0.1, 0.15) is 0 Å². The Bertz CT molecular complexity index is 551. The maximum absolute atomic E-state index is 11.9. The highest BCUT2D eigenvalue weighted by atomic mass is 16.2. The zero-order chi connectivity index (χ0) is 14.9. The molecule has 112 valence electrons. The average Bonchev–Trinajstić information content (AvgIpc) is 2.99. The van der Waals surface area contributed by atoms with Crippen molar-refractivity contribution < 1.29 is 4.79 Å². The van der Waals surface area contributed by atoms with Crippen LogP contribution in [0, 0.1) is 0 Å². The molecule has 2 aromatic rings. The van der Waals surface area contributed by atoms with E-state index >= 15 is 0 Å². The molecule has 0 saturated heterocycles. The van der Waals surface area contributed by atoms with Gasteiger partial charge >= 0.3 is 6.03 Å². The fourth-order valence-corrected chi connectivity index (χ4v) is 2.09. The van der Waals surface area contributed by atoms with Crippen molar-refractivity contribution in [3.05, 3.63) is 48.3 Å². The molecule has 0 bridgehead atoms. The standard InChI is InChI=1S/C16H22N4O/c1-2-3-6-10-17-16(21)19-15-9-5-4-8-14(15)13-20-12-7-11-18-20/h4-5,7-9,11-12H,2-3,6,10,13H2,1H3,(H2,17,19,21). The quantitative estimate of drug-likeness (QED) is 0.768. The summed E-state index contributed by atoms with van der Waals surface area (Å²) in [6.07, 6.45) is 6.95. The first-order valence-corrected chi connectivity index (χ1v) is 7.39. The van der Waals surface area contributed by atoms with Gasteiger partial charge in [0.15, 0.2) is 0 Å². The zero-order valence-electron chi connectivity index (χ0n) is 12.4. The minimum atomic E-state index is -0.154. The first-order valence-electron chi connectivity index (χ1n) is 7.39. The van der Waals surface area contributed by atoms with E-state index in [1.807, 2.05) is 41.2 Å². The molecule has 1 heterocycles. The van der Waals surface area contributed by atoms with Gasteiger partial charge in [-0.25, -0.2) is 4.79 Å². The lowest BCUT2D eigenvalue weighted by Crippen LogP contribution is -2.30. The van der Waals surface area contributed by atoms with Gasteiger partial charge in [0.25, 0.3) is 0 Å². The molecule has 0 aliphatic carbocycles. The number of aromatic nitrogens is 2. The summed E-state index contributed by atoms with van der Waals surface area (Å²) in [7, 11) is 0.